The van der Waals surface area contributed by atoms with Gasteiger partial charge in [0.25, 0.3) is 0 Å². The van der Waals surface area contributed by atoms with Crippen molar-refractivity contribution in [2.75, 3.05) is 12.3 Å². The van der Waals surface area contributed by atoms with Crippen LogP contribution in [0.2, 0.25) is 0 Å². The number of halogens is 1. The Morgan fingerprint density at radius 1 is 1.46 bits per heavy atom. The predicted octanol–water partition coefficient (Wildman–Crippen LogP) is 2.51. The molecule has 2 nitrogen and oxygen atoms in total. The Bertz CT molecular complexity index is 299. The molecule has 0 amide bonds. The normalized spacial score (nSPS) is 10.1. The third-order valence-electron chi connectivity index (χ3n) is 1.78. The molecular formula is C10H14FNO. The number of nitrogens with two attached hydrogens (primary N) is 1. The van der Waals surface area contributed by atoms with E-state index in [1.807, 2.05) is 13.8 Å². The molecule has 0 aliphatic heterocycles. The third-order valence-corrected chi connectivity index (χ3v) is 1.78. The summed E-state index contributed by atoms with van der Waals surface area (Å²) >= 11 is 0. The average molecular weight is 183 g/mol. The molecule has 1 rings (SSSR count). The zero-order valence-electron chi connectivity index (χ0n) is 7.93. The standard InChI is InChI=1S/C10H14FNO/c1-3-4-13-10-5-7(2)9(12)6-8(10)11/h5-6H,3-4,12H2,1-2H3. The van der Waals surface area contributed by atoms with Crippen molar-refractivity contribution >= 4 is 5.69 Å². The number of ether oxygens (including phenoxy) is 1. The fourth-order valence-electron chi connectivity index (χ4n) is 0.993. The molecule has 0 aliphatic rings. The first-order chi connectivity index (χ1) is 6.15. The van der Waals surface area contributed by atoms with E-state index in [1.54, 1.807) is 6.07 Å². The molecule has 0 fully saturated rings. The summed E-state index contributed by atoms with van der Waals surface area (Å²) in [6.07, 6.45) is 0.864. The van der Waals surface area contributed by atoms with Crippen molar-refractivity contribution in [2.24, 2.45) is 0 Å². The highest BCUT2D eigenvalue weighted by atomic mass is 19.1. The molecule has 0 spiro atoms. The second-order valence-corrected chi connectivity index (χ2v) is 2.99. The number of hydrogen-bond acceptors (Lipinski definition) is 2. The Kier molecular flexibility index (Phi) is 3.12. The lowest BCUT2D eigenvalue weighted by Crippen LogP contribution is -1.99. The summed E-state index contributed by atoms with van der Waals surface area (Å²) in [6.45, 7) is 4.33. The van der Waals surface area contributed by atoms with Gasteiger partial charge in [0.1, 0.15) is 0 Å². The molecule has 0 aromatic heterocycles. The molecular weight excluding hydrogens is 169 g/mol. The number of anilines is 1. The van der Waals surface area contributed by atoms with Crippen LogP contribution in [0, 0.1) is 12.7 Å². The van der Waals surface area contributed by atoms with Gasteiger partial charge in [-0.05, 0) is 25.0 Å². The van der Waals surface area contributed by atoms with E-state index in [1.165, 1.54) is 6.07 Å². The second-order valence-electron chi connectivity index (χ2n) is 2.99. The van der Waals surface area contributed by atoms with E-state index in [4.69, 9.17) is 10.5 Å². The van der Waals surface area contributed by atoms with Gasteiger partial charge in [0, 0.05) is 11.8 Å². The van der Waals surface area contributed by atoms with Gasteiger partial charge in [-0.3, -0.25) is 0 Å². The highest BCUT2D eigenvalue weighted by Gasteiger charge is 2.05. The molecule has 1 aromatic carbocycles. The van der Waals surface area contributed by atoms with Crippen molar-refractivity contribution in [3.05, 3.63) is 23.5 Å². The summed E-state index contributed by atoms with van der Waals surface area (Å²) in [6, 6.07) is 2.92. The van der Waals surface area contributed by atoms with Gasteiger partial charge in [0.2, 0.25) is 0 Å². The van der Waals surface area contributed by atoms with Gasteiger partial charge >= 0.3 is 0 Å². The third kappa shape index (κ3) is 2.34. The van der Waals surface area contributed by atoms with Crippen LogP contribution in [0.3, 0.4) is 0 Å². The van der Waals surface area contributed by atoms with Gasteiger partial charge in [-0.15, -0.1) is 0 Å². The number of aryl methyl sites for hydroxylation is 1. The van der Waals surface area contributed by atoms with E-state index < -0.39 is 5.82 Å². The van der Waals surface area contributed by atoms with Crippen LogP contribution in [0.25, 0.3) is 0 Å². The minimum Gasteiger partial charge on any atom is -0.491 e. The summed E-state index contributed by atoms with van der Waals surface area (Å²) in [4.78, 5) is 0. The van der Waals surface area contributed by atoms with Gasteiger partial charge in [-0.25, -0.2) is 4.39 Å². The first-order valence-electron chi connectivity index (χ1n) is 4.33. The summed E-state index contributed by atoms with van der Waals surface area (Å²) in [7, 11) is 0. The molecule has 3 heteroatoms. The van der Waals surface area contributed by atoms with Gasteiger partial charge in [0.05, 0.1) is 6.61 Å². The lowest BCUT2D eigenvalue weighted by atomic mass is 10.2. The minimum atomic E-state index is -0.392. The monoisotopic (exact) mass is 183 g/mol. The van der Waals surface area contributed by atoms with Crippen molar-refractivity contribution < 1.29 is 9.13 Å². The van der Waals surface area contributed by atoms with Crippen molar-refractivity contribution in [3.8, 4) is 5.75 Å². The molecule has 0 heterocycles. The lowest BCUT2D eigenvalue weighted by molar-refractivity contribution is 0.301. The summed E-state index contributed by atoms with van der Waals surface area (Å²) in [5.74, 6) is -0.106. The predicted molar refractivity (Wildman–Crippen MR) is 51.3 cm³/mol. The second kappa shape index (κ2) is 4.12. The van der Waals surface area contributed by atoms with E-state index in [-0.39, 0.29) is 5.75 Å². The number of hydrogen-bond donors (Lipinski definition) is 1. The van der Waals surface area contributed by atoms with E-state index in [0.29, 0.717) is 12.3 Å². The van der Waals surface area contributed by atoms with Crippen LogP contribution in [0.15, 0.2) is 12.1 Å². The smallest absolute Gasteiger partial charge is 0.167 e. The maximum Gasteiger partial charge on any atom is 0.167 e. The number of benzene rings is 1. The molecule has 0 saturated carbocycles. The maximum absolute atomic E-state index is 13.1. The molecule has 0 aliphatic carbocycles. The summed E-state index contributed by atoms with van der Waals surface area (Å²) in [5.41, 5.74) is 6.82. The molecule has 0 unspecified atom stereocenters. The van der Waals surface area contributed by atoms with Gasteiger partial charge < -0.3 is 10.5 Å². The van der Waals surface area contributed by atoms with E-state index >= 15 is 0 Å². The summed E-state index contributed by atoms with van der Waals surface area (Å²) < 4.78 is 18.3. The van der Waals surface area contributed by atoms with E-state index in [2.05, 4.69) is 0 Å². The first kappa shape index (κ1) is 9.84. The van der Waals surface area contributed by atoms with Crippen LogP contribution in [0.5, 0.6) is 5.75 Å². The number of rotatable bonds is 3. The number of nitrogen functional groups attached to an aromatic ring is 1. The highest BCUT2D eigenvalue weighted by molar-refractivity contribution is 5.50. The van der Waals surface area contributed by atoms with Crippen LogP contribution in [-0.2, 0) is 0 Å². The van der Waals surface area contributed by atoms with Gasteiger partial charge in [-0.1, -0.05) is 6.92 Å². The Balaban J connectivity index is 2.88. The van der Waals surface area contributed by atoms with Crippen LogP contribution < -0.4 is 10.5 Å². The van der Waals surface area contributed by atoms with Crippen LogP contribution in [0.1, 0.15) is 18.9 Å². The van der Waals surface area contributed by atoms with Gasteiger partial charge in [0.15, 0.2) is 11.6 Å². The fourth-order valence-corrected chi connectivity index (χ4v) is 0.993. The van der Waals surface area contributed by atoms with Crippen molar-refractivity contribution in [1.29, 1.82) is 0 Å². The topological polar surface area (TPSA) is 35.2 Å². The Morgan fingerprint density at radius 3 is 2.77 bits per heavy atom. The highest BCUT2D eigenvalue weighted by Crippen LogP contribution is 2.23. The van der Waals surface area contributed by atoms with Crippen molar-refractivity contribution in [1.82, 2.24) is 0 Å². The average Bonchev–Trinajstić information content (AvgIpc) is 2.09. The zero-order valence-corrected chi connectivity index (χ0v) is 7.93. The fraction of sp³-hybridized carbons (Fsp3) is 0.400. The first-order valence-corrected chi connectivity index (χ1v) is 4.33. The van der Waals surface area contributed by atoms with Crippen LogP contribution in [-0.4, -0.2) is 6.61 Å². The quantitative estimate of drug-likeness (QED) is 0.731. The summed E-state index contributed by atoms with van der Waals surface area (Å²) in [5, 5.41) is 0. The largest absolute Gasteiger partial charge is 0.491 e. The Labute approximate surface area is 77.5 Å². The molecule has 2 N–H and O–H groups in total. The molecule has 0 bridgehead atoms. The van der Waals surface area contributed by atoms with Crippen molar-refractivity contribution in [2.45, 2.75) is 20.3 Å². The Morgan fingerprint density at radius 2 is 2.15 bits per heavy atom. The molecule has 13 heavy (non-hydrogen) atoms. The zero-order chi connectivity index (χ0) is 9.84. The minimum absolute atomic E-state index is 0.286. The van der Waals surface area contributed by atoms with E-state index in [9.17, 15) is 4.39 Å². The molecule has 0 atom stereocenters. The molecule has 72 valence electrons. The molecule has 1 aromatic rings. The SMILES string of the molecule is CCCOc1cc(C)c(N)cc1F. The maximum atomic E-state index is 13.1. The van der Waals surface area contributed by atoms with Crippen LogP contribution >= 0.6 is 0 Å². The lowest BCUT2D eigenvalue weighted by Gasteiger charge is -2.08. The van der Waals surface area contributed by atoms with Crippen LogP contribution in [0.4, 0.5) is 10.1 Å². The Hall–Kier alpha value is -1.25. The van der Waals surface area contributed by atoms with E-state index in [0.717, 1.165) is 12.0 Å². The molecule has 0 saturated heterocycles. The molecule has 0 radical (unpaired) electrons. The van der Waals surface area contributed by atoms with Gasteiger partial charge in [-0.2, -0.15) is 0 Å². The van der Waals surface area contributed by atoms with Crippen molar-refractivity contribution in [3.63, 3.8) is 0 Å².